The van der Waals surface area contributed by atoms with Crippen molar-refractivity contribution in [3.63, 3.8) is 0 Å². The minimum absolute atomic E-state index is 0.00348. The van der Waals surface area contributed by atoms with E-state index in [9.17, 15) is 4.57 Å². The van der Waals surface area contributed by atoms with Crippen LogP contribution in [0, 0.1) is 5.92 Å². The molecule has 1 unspecified atom stereocenters. The highest BCUT2D eigenvalue weighted by Crippen LogP contribution is 2.40. The fraction of sp³-hybridized carbons (Fsp3) is 0.222. The molecule has 1 atom stereocenters. The quantitative estimate of drug-likeness (QED) is 0.650. The van der Waals surface area contributed by atoms with E-state index in [1.807, 2.05) is 66.7 Å². The Balaban J connectivity index is 2.50. The Hall–Kier alpha value is -1.63. The third kappa shape index (κ3) is 3.53. The SMILES string of the molecule is C=CC(NP(=O)(c1ccccc1)c1ccccc1)C(C)C. The van der Waals surface area contributed by atoms with E-state index in [1.54, 1.807) is 0 Å². The Morgan fingerprint density at radius 1 is 0.952 bits per heavy atom. The van der Waals surface area contributed by atoms with Crippen LogP contribution in [-0.2, 0) is 4.57 Å². The van der Waals surface area contributed by atoms with Gasteiger partial charge in [-0.15, -0.1) is 6.58 Å². The average Bonchev–Trinajstić information content (AvgIpc) is 2.53. The van der Waals surface area contributed by atoms with Crippen LogP contribution in [-0.4, -0.2) is 6.04 Å². The highest BCUT2D eigenvalue weighted by Gasteiger charge is 2.29. The molecule has 1 N–H and O–H groups in total. The molecule has 2 nitrogen and oxygen atoms in total. The van der Waals surface area contributed by atoms with Gasteiger partial charge in [0.05, 0.1) is 0 Å². The molecule has 0 heterocycles. The molecular formula is C18H22NOP. The van der Waals surface area contributed by atoms with Gasteiger partial charge in [0, 0.05) is 16.7 Å². The second kappa shape index (κ2) is 6.89. The first-order chi connectivity index (χ1) is 10.1. The molecule has 21 heavy (non-hydrogen) atoms. The minimum Gasteiger partial charge on any atom is -0.297 e. The zero-order valence-corrected chi connectivity index (χ0v) is 13.5. The van der Waals surface area contributed by atoms with E-state index in [0.717, 1.165) is 10.6 Å². The van der Waals surface area contributed by atoms with Crippen LogP contribution in [0.2, 0.25) is 0 Å². The molecule has 2 rings (SSSR count). The molecule has 110 valence electrons. The molecule has 0 saturated carbocycles. The third-order valence-corrected chi connectivity index (χ3v) is 6.26. The monoisotopic (exact) mass is 299 g/mol. The molecule has 0 radical (unpaired) electrons. The van der Waals surface area contributed by atoms with Gasteiger partial charge in [-0.05, 0) is 30.2 Å². The Kier molecular flexibility index (Phi) is 5.17. The lowest BCUT2D eigenvalue weighted by molar-refractivity contribution is 0.516. The van der Waals surface area contributed by atoms with Gasteiger partial charge >= 0.3 is 0 Å². The molecule has 0 aliphatic heterocycles. The van der Waals surface area contributed by atoms with Crippen LogP contribution in [0.1, 0.15) is 13.8 Å². The molecule has 0 spiro atoms. The summed E-state index contributed by atoms with van der Waals surface area (Å²) in [7, 11) is -2.87. The lowest BCUT2D eigenvalue weighted by atomic mass is 10.1. The Labute approximate surface area is 127 Å². The predicted molar refractivity (Wildman–Crippen MR) is 91.7 cm³/mol. The normalized spacial score (nSPS) is 13.1. The van der Waals surface area contributed by atoms with Gasteiger partial charge in [0.1, 0.15) is 0 Å². The third-order valence-electron chi connectivity index (χ3n) is 3.54. The summed E-state index contributed by atoms with van der Waals surface area (Å²) in [5, 5.41) is 5.00. The summed E-state index contributed by atoms with van der Waals surface area (Å²) in [6.07, 6.45) is 1.84. The Bertz CT molecular complexity index is 579. The Morgan fingerprint density at radius 3 is 1.71 bits per heavy atom. The van der Waals surface area contributed by atoms with Crippen molar-refractivity contribution in [3.8, 4) is 0 Å². The van der Waals surface area contributed by atoms with Crippen molar-refractivity contribution >= 4 is 17.9 Å². The summed E-state index contributed by atoms with van der Waals surface area (Å²) in [6, 6.07) is 19.2. The maximum atomic E-state index is 13.7. The summed E-state index contributed by atoms with van der Waals surface area (Å²) in [6.45, 7) is 8.06. The lowest BCUT2D eigenvalue weighted by Crippen LogP contribution is -2.36. The van der Waals surface area contributed by atoms with Gasteiger partial charge in [-0.2, -0.15) is 0 Å². The molecule has 3 heteroatoms. The van der Waals surface area contributed by atoms with Crippen LogP contribution in [0.15, 0.2) is 73.3 Å². The summed E-state index contributed by atoms with van der Waals surface area (Å²) in [5.41, 5.74) is 0. The summed E-state index contributed by atoms with van der Waals surface area (Å²) < 4.78 is 13.7. The zero-order chi connectivity index (χ0) is 15.3. The number of rotatable bonds is 6. The van der Waals surface area contributed by atoms with Gasteiger partial charge < -0.3 is 0 Å². The molecule has 2 aromatic rings. The van der Waals surface area contributed by atoms with Crippen molar-refractivity contribution in [2.24, 2.45) is 5.92 Å². The van der Waals surface area contributed by atoms with Crippen LogP contribution in [0.25, 0.3) is 0 Å². The van der Waals surface area contributed by atoms with Crippen molar-refractivity contribution in [1.29, 1.82) is 0 Å². The van der Waals surface area contributed by atoms with Crippen molar-refractivity contribution < 1.29 is 4.57 Å². The van der Waals surface area contributed by atoms with Crippen LogP contribution < -0.4 is 15.7 Å². The maximum Gasteiger partial charge on any atom is 0.205 e. The average molecular weight is 299 g/mol. The van der Waals surface area contributed by atoms with Gasteiger partial charge in [0.25, 0.3) is 0 Å². The van der Waals surface area contributed by atoms with E-state index in [-0.39, 0.29) is 6.04 Å². The molecule has 0 saturated heterocycles. The number of hydrogen-bond acceptors (Lipinski definition) is 1. The second-order valence-corrected chi connectivity index (χ2v) is 7.92. The van der Waals surface area contributed by atoms with Gasteiger partial charge in [-0.25, -0.2) is 0 Å². The number of nitrogens with one attached hydrogen (secondary N) is 1. The standard InChI is InChI=1S/C18H22NOP/c1-4-18(15(2)3)19-21(20,16-11-7-5-8-12-16)17-13-9-6-10-14-17/h4-15,18H,1H2,2-3H3,(H,19,20). The molecule has 0 aliphatic carbocycles. The van der Waals surface area contributed by atoms with Gasteiger partial charge in [-0.1, -0.05) is 56.3 Å². The van der Waals surface area contributed by atoms with Crippen LogP contribution in [0.3, 0.4) is 0 Å². The largest absolute Gasteiger partial charge is 0.297 e. The van der Waals surface area contributed by atoms with Crippen molar-refractivity contribution in [1.82, 2.24) is 5.09 Å². The van der Waals surface area contributed by atoms with E-state index in [1.165, 1.54) is 0 Å². The Morgan fingerprint density at radius 2 is 1.38 bits per heavy atom. The molecular weight excluding hydrogens is 277 g/mol. The smallest absolute Gasteiger partial charge is 0.205 e. The molecule has 0 bridgehead atoms. The van der Waals surface area contributed by atoms with E-state index >= 15 is 0 Å². The van der Waals surface area contributed by atoms with Gasteiger partial charge in [-0.3, -0.25) is 9.65 Å². The molecule has 2 aromatic carbocycles. The number of hydrogen-bond donors (Lipinski definition) is 1. The van der Waals surface area contributed by atoms with Crippen LogP contribution in [0.5, 0.6) is 0 Å². The fourth-order valence-electron chi connectivity index (χ4n) is 2.26. The van der Waals surface area contributed by atoms with E-state index in [0.29, 0.717) is 5.92 Å². The topological polar surface area (TPSA) is 29.1 Å². The molecule has 0 aliphatic rings. The minimum atomic E-state index is -2.87. The summed E-state index contributed by atoms with van der Waals surface area (Å²) in [4.78, 5) is 0. The first-order valence-corrected chi connectivity index (χ1v) is 8.90. The molecule has 0 aromatic heterocycles. The van der Waals surface area contributed by atoms with E-state index in [4.69, 9.17) is 0 Å². The highest BCUT2D eigenvalue weighted by atomic mass is 31.2. The summed E-state index contributed by atoms with van der Waals surface area (Å²) >= 11 is 0. The number of benzene rings is 2. The van der Waals surface area contributed by atoms with Gasteiger partial charge in [0.2, 0.25) is 7.29 Å². The molecule has 0 fully saturated rings. The van der Waals surface area contributed by atoms with Crippen LogP contribution >= 0.6 is 7.29 Å². The van der Waals surface area contributed by atoms with Crippen molar-refractivity contribution in [2.75, 3.05) is 0 Å². The zero-order valence-electron chi connectivity index (χ0n) is 12.6. The summed E-state index contributed by atoms with van der Waals surface area (Å²) in [5.74, 6) is 0.322. The van der Waals surface area contributed by atoms with E-state index < -0.39 is 7.29 Å². The van der Waals surface area contributed by atoms with E-state index in [2.05, 4.69) is 25.5 Å². The maximum absolute atomic E-state index is 13.7. The van der Waals surface area contributed by atoms with Gasteiger partial charge in [0.15, 0.2) is 0 Å². The lowest BCUT2D eigenvalue weighted by Gasteiger charge is -2.27. The first kappa shape index (κ1) is 15.8. The first-order valence-electron chi connectivity index (χ1n) is 7.19. The van der Waals surface area contributed by atoms with Crippen molar-refractivity contribution in [3.05, 3.63) is 73.3 Å². The predicted octanol–water partition coefficient (Wildman–Crippen LogP) is 3.72. The van der Waals surface area contributed by atoms with Crippen LogP contribution in [0.4, 0.5) is 0 Å². The second-order valence-electron chi connectivity index (χ2n) is 5.41. The highest BCUT2D eigenvalue weighted by molar-refractivity contribution is 7.76. The fourth-order valence-corrected chi connectivity index (χ4v) is 4.86. The molecule has 0 amide bonds. The van der Waals surface area contributed by atoms with Crippen molar-refractivity contribution in [2.45, 2.75) is 19.9 Å².